The molecule has 1 aliphatic heterocycles. The van der Waals surface area contributed by atoms with Gasteiger partial charge in [-0.05, 0) is 35.4 Å². The second-order valence-corrected chi connectivity index (χ2v) is 8.40. The van der Waals surface area contributed by atoms with Gasteiger partial charge in [0.2, 0.25) is 0 Å². The van der Waals surface area contributed by atoms with Gasteiger partial charge in [0.25, 0.3) is 0 Å². The summed E-state index contributed by atoms with van der Waals surface area (Å²) in [6.45, 7) is 5.95. The van der Waals surface area contributed by atoms with E-state index in [1.807, 2.05) is 6.07 Å². The Morgan fingerprint density at radius 1 is 0.733 bits per heavy atom. The van der Waals surface area contributed by atoms with Crippen LogP contribution in [0.15, 0.2) is 72.8 Å². The molecular formula is C25H26Cl2N2O. The summed E-state index contributed by atoms with van der Waals surface area (Å²) >= 11 is 12.0. The molecule has 0 spiro atoms. The standard InChI is InChI=1S/C25H26Cl2N2O/c26-24-11-10-23(18-25(24)27)30-17-12-20-6-8-21(9-7-20)19-28-13-15-29(16-14-28)22-4-2-1-3-5-22/h1-11,18H,12-17,19H2. The molecule has 3 nitrogen and oxygen atoms in total. The first-order valence-electron chi connectivity index (χ1n) is 10.4. The fourth-order valence-electron chi connectivity index (χ4n) is 3.73. The second kappa shape index (κ2) is 10.2. The summed E-state index contributed by atoms with van der Waals surface area (Å²) in [5.74, 6) is 0.746. The van der Waals surface area contributed by atoms with Gasteiger partial charge in [-0.15, -0.1) is 0 Å². The zero-order valence-electron chi connectivity index (χ0n) is 16.9. The van der Waals surface area contributed by atoms with Crippen molar-refractivity contribution in [1.82, 2.24) is 4.90 Å². The molecular weight excluding hydrogens is 415 g/mol. The summed E-state index contributed by atoms with van der Waals surface area (Å²) < 4.78 is 5.79. The Balaban J connectivity index is 1.21. The summed E-state index contributed by atoms with van der Waals surface area (Å²) in [6, 6.07) is 24.9. The number of halogens is 2. The largest absolute Gasteiger partial charge is 0.493 e. The minimum Gasteiger partial charge on any atom is -0.493 e. The number of piperazine rings is 1. The Kier molecular flexibility index (Phi) is 7.16. The van der Waals surface area contributed by atoms with Crippen molar-refractivity contribution in [2.45, 2.75) is 13.0 Å². The van der Waals surface area contributed by atoms with E-state index < -0.39 is 0 Å². The van der Waals surface area contributed by atoms with Gasteiger partial charge in [0.15, 0.2) is 0 Å². The highest BCUT2D eigenvalue weighted by Gasteiger charge is 2.17. The van der Waals surface area contributed by atoms with E-state index in [0.29, 0.717) is 16.7 Å². The van der Waals surface area contributed by atoms with Crippen LogP contribution in [0.4, 0.5) is 5.69 Å². The van der Waals surface area contributed by atoms with Crippen molar-refractivity contribution in [1.29, 1.82) is 0 Å². The first-order valence-corrected chi connectivity index (χ1v) is 11.1. The lowest BCUT2D eigenvalue weighted by molar-refractivity contribution is 0.250. The molecule has 0 N–H and O–H groups in total. The molecule has 0 aromatic heterocycles. The maximum absolute atomic E-state index is 6.03. The molecule has 156 valence electrons. The molecule has 3 aromatic carbocycles. The van der Waals surface area contributed by atoms with Crippen LogP contribution in [-0.4, -0.2) is 37.7 Å². The predicted octanol–water partition coefficient (Wildman–Crippen LogP) is 5.94. The molecule has 0 aliphatic carbocycles. The van der Waals surface area contributed by atoms with Crippen LogP contribution >= 0.6 is 23.2 Å². The van der Waals surface area contributed by atoms with Gasteiger partial charge in [0.05, 0.1) is 16.7 Å². The van der Waals surface area contributed by atoms with Crippen molar-refractivity contribution in [2.24, 2.45) is 0 Å². The van der Waals surface area contributed by atoms with Gasteiger partial charge in [-0.3, -0.25) is 4.90 Å². The van der Waals surface area contributed by atoms with Crippen LogP contribution in [0.3, 0.4) is 0 Å². The molecule has 3 aromatic rings. The van der Waals surface area contributed by atoms with Crippen LogP contribution < -0.4 is 9.64 Å². The Morgan fingerprint density at radius 3 is 2.13 bits per heavy atom. The molecule has 0 amide bonds. The fourth-order valence-corrected chi connectivity index (χ4v) is 4.01. The van der Waals surface area contributed by atoms with Crippen LogP contribution in [0.5, 0.6) is 5.75 Å². The minimum absolute atomic E-state index is 0.517. The first kappa shape index (κ1) is 21.0. The van der Waals surface area contributed by atoms with Gasteiger partial charge in [0, 0.05) is 50.9 Å². The number of anilines is 1. The van der Waals surface area contributed by atoms with Crippen molar-refractivity contribution in [2.75, 3.05) is 37.7 Å². The van der Waals surface area contributed by atoms with Gasteiger partial charge in [-0.1, -0.05) is 65.7 Å². The molecule has 0 bridgehead atoms. The third-order valence-corrected chi connectivity index (χ3v) is 6.21. The maximum Gasteiger partial charge on any atom is 0.120 e. The Morgan fingerprint density at radius 2 is 1.43 bits per heavy atom. The van der Waals surface area contributed by atoms with E-state index in [9.17, 15) is 0 Å². The van der Waals surface area contributed by atoms with Gasteiger partial charge >= 0.3 is 0 Å². The molecule has 5 heteroatoms. The highest BCUT2D eigenvalue weighted by atomic mass is 35.5. The van der Waals surface area contributed by atoms with E-state index in [1.54, 1.807) is 12.1 Å². The Labute approximate surface area is 188 Å². The molecule has 0 atom stereocenters. The zero-order valence-corrected chi connectivity index (χ0v) is 18.4. The van der Waals surface area contributed by atoms with Gasteiger partial charge in [0.1, 0.15) is 5.75 Å². The van der Waals surface area contributed by atoms with E-state index in [2.05, 4.69) is 64.4 Å². The number of hydrogen-bond donors (Lipinski definition) is 0. The maximum atomic E-state index is 6.03. The monoisotopic (exact) mass is 440 g/mol. The van der Waals surface area contributed by atoms with Crippen molar-refractivity contribution >= 4 is 28.9 Å². The van der Waals surface area contributed by atoms with E-state index in [-0.39, 0.29) is 0 Å². The van der Waals surface area contributed by atoms with E-state index in [1.165, 1.54) is 16.8 Å². The SMILES string of the molecule is Clc1ccc(OCCc2ccc(CN3CCN(c4ccccc4)CC3)cc2)cc1Cl. The average molecular weight is 441 g/mol. The minimum atomic E-state index is 0.517. The lowest BCUT2D eigenvalue weighted by atomic mass is 10.1. The lowest BCUT2D eigenvalue weighted by Gasteiger charge is -2.36. The molecule has 1 aliphatic rings. The number of rotatable bonds is 7. The third kappa shape index (κ3) is 5.69. The van der Waals surface area contributed by atoms with Crippen LogP contribution in [0.1, 0.15) is 11.1 Å². The summed E-state index contributed by atoms with van der Waals surface area (Å²) in [7, 11) is 0. The number of nitrogens with zero attached hydrogens (tertiary/aromatic N) is 2. The van der Waals surface area contributed by atoms with Crippen molar-refractivity contribution in [3.63, 3.8) is 0 Å². The van der Waals surface area contributed by atoms with E-state index in [0.717, 1.165) is 44.9 Å². The zero-order chi connectivity index (χ0) is 20.8. The van der Waals surface area contributed by atoms with Crippen molar-refractivity contribution < 1.29 is 4.74 Å². The summed E-state index contributed by atoms with van der Waals surface area (Å²) in [4.78, 5) is 5.00. The fraction of sp³-hybridized carbons (Fsp3) is 0.280. The van der Waals surface area contributed by atoms with Crippen LogP contribution in [0, 0.1) is 0 Å². The molecule has 30 heavy (non-hydrogen) atoms. The highest BCUT2D eigenvalue weighted by Crippen LogP contribution is 2.26. The van der Waals surface area contributed by atoms with Crippen LogP contribution in [0.25, 0.3) is 0 Å². The lowest BCUT2D eigenvalue weighted by Crippen LogP contribution is -2.45. The molecule has 1 fully saturated rings. The average Bonchev–Trinajstić information content (AvgIpc) is 2.78. The summed E-state index contributed by atoms with van der Waals surface area (Å²) in [6.07, 6.45) is 0.857. The quantitative estimate of drug-likeness (QED) is 0.452. The summed E-state index contributed by atoms with van der Waals surface area (Å²) in [5.41, 5.74) is 3.95. The molecule has 4 rings (SSSR count). The van der Waals surface area contributed by atoms with Crippen molar-refractivity contribution in [3.05, 3.63) is 94.0 Å². The van der Waals surface area contributed by atoms with Gasteiger partial charge in [-0.2, -0.15) is 0 Å². The smallest absolute Gasteiger partial charge is 0.120 e. The molecule has 1 heterocycles. The van der Waals surface area contributed by atoms with E-state index in [4.69, 9.17) is 27.9 Å². The second-order valence-electron chi connectivity index (χ2n) is 7.59. The third-order valence-electron chi connectivity index (χ3n) is 5.47. The molecule has 0 saturated carbocycles. The van der Waals surface area contributed by atoms with Crippen molar-refractivity contribution in [3.8, 4) is 5.75 Å². The summed E-state index contributed by atoms with van der Waals surface area (Å²) in [5, 5.41) is 1.06. The van der Waals surface area contributed by atoms with Gasteiger partial charge < -0.3 is 9.64 Å². The number of benzene rings is 3. The number of para-hydroxylation sites is 1. The Hall–Kier alpha value is -2.20. The Bertz CT molecular complexity index is 939. The predicted molar refractivity (Wildman–Crippen MR) is 126 cm³/mol. The molecule has 1 saturated heterocycles. The molecule has 0 unspecified atom stereocenters. The van der Waals surface area contributed by atoms with E-state index >= 15 is 0 Å². The number of hydrogen-bond acceptors (Lipinski definition) is 3. The number of ether oxygens (including phenoxy) is 1. The first-order chi connectivity index (χ1) is 14.7. The van der Waals surface area contributed by atoms with Crippen LogP contribution in [-0.2, 0) is 13.0 Å². The highest BCUT2D eigenvalue weighted by molar-refractivity contribution is 6.42. The normalized spacial score (nSPS) is 14.7. The van der Waals surface area contributed by atoms with Gasteiger partial charge in [-0.25, -0.2) is 0 Å². The topological polar surface area (TPSA) is 15.7 Å². The molecule has 0 radical (unpaired) electrons. The van der Waals surface area contributed by atoms with Crippen LogP contribution in [0.2, 0.25) is 10.0 Å².